The van der Waals surface area contributed by atoms with Gasteiger partial charge in [-0.15, -0.1) is 11.8 Å². The molecule has 0 aromatic heterocycles. The molecular weight excluding hydrogens is 606 g/mol. The van der Waals surface area contributed by atoms with Crippen molar-refractivity contribution < 1.29 is 39.2 Å². The van der Waals surface area contributed by atoms with Gasteiger partial charge in [0.1, 0.15) is 12.6 Å². The van der Waals surface area contributed by atoms with E-state index in [9.17, 15) is 24.6 Å². The Morgan fingerprint density at radius 2 is 1.50 bits per heavy atom. The maximum atomic E-state index is 12.5. The highest BCUT2D eigenvalue weighted by atomic mass is 32.2. The van der Waals surface area contributed by atoms with Gasteiger partial charge in [0.25, 0.3) is 0 Å². The van der Waals surface area contributed by atoms with Crippen LogP contribution < -0.4 is 5.73 Å². The Kier molecular flexibility index (Phi) is 29.6. The molecule has 4 atom stereocenters. The minimum Gasteiger partial charge on any atom is -0.481 e. The fourth-order valence-corrected chi connectivity index (χ4v) is 5.47. The van der Waals surface area contributed by atoms with Gasteiger partial charge in [0.05, 0.1) is 12.7 Å². The normalized spacial score (nSPS) is 14.7. The number of hydrogen-bond acceptors (Lipinski definition) is 9. The van der Waals surface area contributed by atoms with E-state index in [0.717, 1.165) is 32.1 Å². The van der Waals surface area contributed by atoms with E-state index in [4.69, 9.17) is 20.3 Å². The average molecular weight is 668 g/mol. The Balaban J connectivity index is 4.74. The summed E-state index contributed by atoms with van der Waals surface area (Å²) in [7, 11) is 0. The van der Waals surface area contributed by atoms with Crippen molar-refractivity contribution in [1.82, 2.24) is 0 Å². The van der Waals surface area contributed by atoms with Gasteiger partial charge in [-0.25, -0.2) is 0 Å². The lowest BCUT2D eigenvalue weighted by atomic mass is 10.1. The van der Waals surface area contributed by atoms with Crippen LogP contribution in [0.5, 0.6) is 0 Å². The smallest absolute Gasteiger partial charge is 0.323 e. The van der Waals surface area contributed by atoms with Gasteiger partial charge in [-0.2, -0.15) is 0 Å². The molecule has 0 aliphatic heterocycles. The van der Waals surface area contributed by atoms with Crippen molar-refractivity contribution in [3.05, 3.63) is 48.6 Å². The van der Waals surface area contributed by atoms with E-state index in [-0.39, 0.29) is 31.6 Å². The van der Waals surface area contributed by atoms with Crippen LogP contribution in [0.3, 0.4) is 0 Å². The second kappa shape index (κ2) is 31.2. The third-order valence-electron chi connectivity index (χ3n) is 7.12. The fourth-order valence-electron chi connectivity index (χ4n) is 4.35. The van der Waals surface area contributed by atoms with E-state index in [0.29, 0.717) is 12.8 Å². The Labute approximate surface area is 281 Å². The number of rotatable bonds is 30. The van der Waals surface area contributed by atoms with Crippen LogP contribution >= 0.6 is 11.8 Å². The zero-order chi connectivity index (χ0) is 34.3. The Morgan fingerprint density at radius 1 is 0.826 bits per heavy atom. The second-order valence-corrected chi connectivity index (χ2v) is 12.7. The number of nitrogens with two attached hydrogens (primary N) is 1. The van der Waals surface area contributed by atoms with Gasteiger partial charge < -0.3 is 30.5 Å². The molecule has 5 N–H and O–H groups in total. The van der Waals surface area contributed by atoms with Gasteiger partial charge in [-0.05, 0) is 38.5 Å². The van der Waals surface area contributed by atoms with Crippen LogP contribution in [0.15, 0.2) is 48.6 Å². The molecule has 0 saturated heterocycles. The number of carbonyl (C=O) groups excluding carboxylic acids is 2. The molecule has 0 spiro atoms. The van der Waals surface area contributed by atoms with E-state index >= 15 is 0 Å². The minimum atomic E-state index is -1.01. The average Bonchev–Trinajstić information content (AvgIpc) is 3.03. The SMILES string of the molecule is CCCCC/C=C\C\C=C/C=C/C=C/[C@@H](SC[C@H](N)C(=O)OC[C@H](CO)OC(=O)CCCCCCCCC)[C@@H](O)CCCC(=O)O. The van der Waals surface area contributed by atoms with Gasteiger partial charge in [-0.3, -0.25) is 14.4 Å². The van der Waals surface area contributed by atoms with Crippen LogP contribution in [-0.4, -0.2) is 75.7 Å². The molecule has 0 unspecified atom stereocenters. The largest absolute Gasteiger partial charge is 0.481 e. The summed E-state index contributed by atoms with van der Waals surface area (Å²) in [6, 6.07) is -1.01. The molecule has 0 fully saturated rings. The number of aliphatic hydroxyl groups excluding tert-OH is 2. The highest BCUT2D eigenvalue weighted by molar-refractivity contribution is 8.00. The zero-order valence-corrected chi connectivity index (χ0v) is 29.0. The van der Waals surface area contributed by atoms with Crippen molar-refractivity contribution in [3.63, 3.8) is 0 Å². The topological polar surface area (TPSA) is 156 Å². The molecule has 0 saturated carbocycles. The quantitative estimate of drug-likeness (QED) is 0.0278. The van der Waals surface area contributed by atoms with E-state index < -0.39 is 48.0 Å². The van der Waals surface area contributed by atoms with Gasteiger partial charge in [0.2, 0.25) is 0 Å². The molecular formula is C36H61NO8S. The first kappa shape index (κ1) is 43.6. The molecule has 0 heterocycles. The number of carbonyl (C=O) groups is 3. The maximum Gasteiger partial charge on any atom is 0.323 e. The molecule has 46 heavy (non-hydrogen) atoms. The van der Waals surface area contributed by atoms with Crippen molar-refractivity contribution in [2.24, 2.45) is 5.73 Å². The van der Waals surface area contributed by atoms with Gasteiger partial charge in [0.15, 0.2) is 6.10 Å². The number of aliphatic hydroxyl groups is 2. The molecule has 0 aliphatic carbocycles. The lowest BCUT2D eigenvalue weighted by Gasteiger charge is -2.21. The lowest BCUT2D eigenvalue weighted by Crippen LogP contribution is -2.38. The van der Waals surface area contributed by atoms with E-state index in [2.05, 4.69) is 32.1 Å². The van der Waals surface area contributed by atoms with E-state index in [1.165, 1.54) is 50.3 Å². The van der Waals surface area contributed by atoms with Crippen LogP contribution in [0.1, 0.15) is 117 Å². The lowest BCUT2D eigenvalue weighted by molar-refractivity contribution is -0.161. The van der Waals surface area contributed by atoms with Crippen molar-refractivity contribution in [2.45, 2.75) is 140 Å². The van der Waals surface area contributed by atoms with E-state index in [1.807, 2.05) is 18.2 Å². The van der Waals surface area contributed by atoms with Crippen LogP contribution in [0.25, 0.3) is 0 Å². The number of esters is 2. The fraction of sp³-hybridized carbons (Fsp3) is 0.694. The van der Waals surface area contributed by atoms with Crippen molar-refractivity contribution in [2.75, 3.05) is 19.0 Å². The molecule has 264 valence electrons. The molecule has 0 aliphatic rings. The summed E-state index contributed by atoms with van der Waals surface area (Å²) in [5.41, 5.74) is 6.05. The first-order chi connectivity index (χ1) is 22.2. The maximum absolute atomic E-state index is 12.5. The number of ether oxygens (including phenoxy) is 2. The molecule has 0 amide bonds. The summed E-state index contributed by atoms with van der Waals surface area (Å²) in [6.45, 7) is 3.58. The number of aliphatic carboxylic acids is 1. The van der Waals surface area contributed by atoms with Gasteiger partial charge in [-0.1, -0.05) is 114 Å². The highest BCUT2D eigenvalue weighted by Gasteiger charge is 2.23. The Hall–Kier alpha value is -2.40. The van der Waals surface area contributed by atoms with Gasteiger partial charge in [0, 0.05) is 23.8 Å². The molecule has 0 rings (SSSR count). The third-order valence-corrected chi connectivity index (χ3v) is 8.53. The van der Waals surface area contributed by atoms with Crippen LogP contribution in [0, 0.1) is 0 Å². The number of carboxylic acid groups (broad SMARTS) is 1. The van der Waals surface area contributed by atoms with Crippen molar-refractivity contribution in [3.8, 4) is 0 Å². The number of carboxylic acids is 1. The Morgan fingerprint density at radius 3 is 2.20 bits per heavy atom. The standard InChI is InChI=1S/C36H61NO8S/c1-3-5-7-9-11-12-13-14-15-17-18-20-24-33(32(39)23-22-25-34(40)41)46-29-31(37)36(43)44-28-30(27-38)45-35(42)26-21-19-16-10-8-6-4-2/h11-12,14-15,17-18,20,24,30-33,38-39H,3-10,13,16,19,21-23,25-29,37H2,1-2H3,(H,40,41)/b12-11-,15-14-,18-17+,24-20+/t30-,31-,32-,33+/m0/s1. The minimum absolute atomic E-state index is 0.0443. The summed E-state index contributed by atoms with van der Waals surface area (Å²) < 4.78 is 10.5. The monoisotopic (exact) mass is 667 g/mol. The third kappa shape index (κ3) is 26.8. The summed E-state index contributed by atoms with van der Waals surface area (Å²) in [4.78, 5) is 35.5. The van der Waals surface area contributed by atoms with E-state index in [1.54, 1.807) is 12.2 Å². The second-order valence-electron chi connectivity index (χ2n) is 11.5. The molecule has 0 radical (unpaired) electrons. The summed E-state index contributed by atoms with van der Waals surface area (Å²) in [6.07, 6.45) is 27.9. The van der Waals surface area contributed by atoms with Crippen molar-refractivity contribution in [1.29, 1.82) is 0 Å². The zero-order valence-electron chi connectivity index (χ0n) is 28.2. The molecule has 9 nitrogen and oxygen atoms in total. The number of unbranched alkanes of at least 4 members (excludes halogenated alkanes) is 9. The molecule has 10 heteroatoms. The number of thioether (sulfide) groups is 1. The summed E-state index contributed by atoms with van der Waals surface area (Å²) in [5, 5.41) is 28.8. The van der Waals surface area contributed by atoms with Gasteiger partial charge >= 0.3 is 17.9 Å². The molecule has 0 aromatic rings. The summed E-state index contributed by atoms with van der Waals surface area (Å²) in [5.74, 6) is -1.93. The first-order valence-corrected chi connectivity index (χ1v) is 18.2. The Bertz CT molecular complexity index is 904. The number of allylic oxidation sites excluding steroid dienone is 7. The highest BCUT2D eigenvalue weighted by Crippen LogP contribution is 2.21. The summed E-state index contributed by atoms with van der Waals surface area (Å²) >= 11 is 1.27. The van der Waals surface area contributed by atoms with Crippen LogP contribution in [-0.2, 0) is 23.9 Å². The van der Waals surface area contributed by atoms with Crippen LogP contribution in [0.2, 0.25) is 0 Å². The predicted molar refractivity (Wildman–Crippen MR) is 188 cm³/mol. The first-order valence-electron chi connectivity index (χ1n) is 17.1. The predicted octanol–water partition coefficient (Wildman–Crippen LogP) is 6.81. The van der Waals surface area contributed by atoms with Crippen molar-refractivity contribution >= 4 is 29.7 Å². The molecule has 0 aromatic carbocycles. The number of hydrogen-bond donors (Lipinski definition) is 4. The molecule has 0 bridgehead atoms. The van der Waals surface area contributed by atoms with Crippen LogP contribution in [0.4, 0.5) is 0 Å².